The molecule has 6 aliphatic rings. The molecule has 1 spiro atoms. The van der Waals surface area contributed by atoms with E-state index in [1.54, 1.807) is 18.2 Å². The Morgan fingerprint density at radius 3 is 1.75 bits per heavy atom. The number of halogens is 5. The molecule has 0 amide bonds. The van der Waals surface area contributed by atoms with Crippen LogP contribution in [0.5, 0.6) is 5.75 Å². The maximum atomic E-state index is 14.4. The van der Waals surface area contributed by atoms with Crippen molar-refractivity contribution in [1.29, 1.82) is 0 Å². The number of carboxylic acids is 1. The van der Waals surface area contributed by atoms with Gasteiger partial charge in [0.1, 0.15) is 29.8 Å². The minimum absolute atomic E-state index is 0. The van der Waals surface area contributed by atoms with Gasteiger partial charge in [-0.05, 0) is 140 Å². The van der Waals surface area contributed by atoms with Crippen LogP contribution in [0.4, 0.5) is 13.2 Å². The molecule has 0 bridgehead atoms. The van der Waals surface area contributed by atoms with Gasteiger partial charge in [0.15, 0.2) is 0 Å². The molecule has 0 aromatic heterocycles. The number of rotatable bonds is 10. The zero-order chi connectivity index (χ0) is 38.3. The summed E-state index contributed by atoms with van der Waals surface area (Å²) in [6.45, 7) is 2.23. The van der Waals surface area contributed by atoms with E-state index >= 15 is 0 Å². The summed E-state index contributed by atoms with van der Waals surface area (Å²) < 4.78 is 46.7. The number of aliphatic hydroxyl groups is 1. The molecule has 10 heteroatoms. The lowest BCUT2D eigenvalue weighted by Gasteiger charge is -2.55. The van der Waals surface area contributed by atoms with Gasteiger partial charge in [-0.25, -0.2) is 13.2 Å². The van der Waals surface area contributed by atoms with Crippen molar-refractivity contribution in [3.05, 3.63) is 135 Å². The molecule has 0 radical (unpaired) electrons. The lowest BCUT2D eigenvalue weighted by Crippen LogP contribution is -2.63. The lowest BCUT2D eigenvalue weighted by molar-refractivity contribution is -0.150. The van der Waals surface area contributed by atoms with Gasteiger partial charge in [-0.2, -0.15) is 0 Å². The molecule has 0 unspecified atom stereocenters. The number of hydrogen-bond donors (Lipinski definition) is 2. The first kappa shape index (κ1) is 41.0. The highest BCUT2D eigenvalue weighted by Crippen LogP contribution is 2.49. The van der Waals surface area contributed by atoms with E-state index in [1.807, 2.05) is 24.3 Å². The molecule has 5 fully saturated rings. The Balaban J connectivity index is 0.000000157. The van der Waals surface area contributed by atoms with Gasteiger partial charge >= 0.3 is 5.97 Å². The van der Waals surface area contributed by atoms with Crippen LogP contribution in [-0.2, 0) is 36.2 Å². The van der Waals surface area contributed by atoms with Gasteiger partial charge in [0, 0.05) is 46.6 Å². The quantitative estimate of drug-likeness (QED) is 0.155. The van der Waals surface area contributed by atoms with Crippen molar-refractivity contribution in [2.24, 2.45) is 11.3 Å². The minimum atomic E-state index is -0.646. The van der Waals surface area contributed by atoms with E-state index in [9.17, 15) is 18.0 Å². The molecule has 1 heterocycles. The molecule has 1 saturated heterocycles. The van der Waals surface area contributed by atoms with Crippen LogP contribution < -0.4 is 4.74 Å². The summed E-state index contributed by atoms with van der Waals surface area (Å²) in [5.74, 6) is 1.15. The number of likely N-dealkylation sites (tertiary alicyclic amines) is 1. The molecule has 5 aliphatic carbocycles. The van der Waals surface area contributed by atoms with E-state index < -0.39 is 5.97 Å². The largest absolute Gasteiger partial charge is 0.489 e. The van der Waals surface area contributed by atoms with E-state index in [2.05, 4.69) is 33.0 Å². The zero-order valence-electron chi connectivity index (χ0n) is 31.5. The van der Waals surface area contributed by atoms with Crippen LogP contribution in [0.3, 0.4) is 0 Å². The highest BCUT2D eigenvalue weighted by molar-refractivity contribution is 9.08. The Hall–Kier alpha value is -3.18. The van der Waals surface area contributed by atoms with Crippen LogP contribution in [0, 0.1) is 28.8 Å². The van der Waals surface area contributed by atoms with Crippen LogP contribution in [0.2, 0.25) is 0 Å². The van der Waals surface area contributed by atoms with Gasteiger partial charge in [0.2, 0.25) is 0 Å². The molecule has 298 valence electrons. The predicted molar refractivity (Wildman–Crippen MR) is 220 cm³/mol. The van der Waals surface area contributed by atoms with Crippen molar-refractivity contribution >= 4 is 38.9 Å². The number of fused-ring (bicyclic) bond motifs is 1. The Kier molecular flexibility index (Phi) is 12.7. The van der Waals surface area contributed by atoms with E-state index in [0.717, 1.165) is 86.9 Å². The minimum Gasteiger partial charge on any atom is -0.489 e. The number of alkyl halides is 1. The molecule has 10 rings (SSSR count). The van der Waals surface area contributed by atoms with Crippen molar-refractivity contribution in [3.63, 3.8) is 0 Å². The third-order valence-corrected chi connectivity index (χ3v) is 13.1. The average Bonchev–Trinajstić information content (AvgIpc) is 3.98. The van der Waals surface area contributed by atoms with E-state index in [1.165, 1.54) is 47.7 Å². The summed E-state index contributed by atoms with van der Waals surface area (Å²) >= 11 is 3.32. The SMILES string of the molecule is Br.Fc1cccc(C2CC2)c1CBr.O=C(O)C1CC(N2CC3(Cc4ccc(OCc5c(F)cccc5C5CC5)cc4C3)C2)C1.OCc1c(F)cccc1C1CC1. The molecule has 4 aromatic rings. The summed E-state index contributed by atoms with van der Waals surface area (Å²) in [5.41, 5.74) is 8.40. The Morgan fingerprint density at radius 1 is 0.732 bits per heavy atom. The summed E-state index contributed by atoms with van der Waals surface area (Å²) in [6, 6.07) is 22.6. The number of ether oxygens (including phenoxy) is 1. The van der Waals surface area contributed by atoms with Crippen LogP contribution >= 0.6 is 32.9 Å². The normalized spacial score (nSPS) is 21.6. The molecule has 4 aromatic carbocycles. The lowest BCUT2D eigenvalue weighted by atomic mass is 9.71. The van der Waals surface area contributed by atoms with Crippen molar-refractivity contribution in [2.45, 2.75) is 107 Å². The Bertz CT molecular complexity index is 1980. The average molecular weight is 898 g/mol. The molecule has 1 aliphatic heterocycles. The first-order valence-electron chi connectivity index (χ1n) is 19.9. The Labute approximate surface area is 346 Å². The van der Waals surface area contributed by atoms with Gasteiger partial charge in [-0.3, -0.25) is 9.69 Å². The Morgan fingerprint density at radius 2 is 1.23 bits per heavy atom. The van der Waals surface area contributed by atoms with Crippen molar-refractivity contribution in [1.82, 2.24) is 4.90 Å². The number of aliphatic hydroxyl groups excluding tert-OH is 1. The fraction of sp³-hybridized carbons (Fsp3) is 0.457. The van der Waals surface area contributed by atoms with Crippen LogP contribution in [-0.4, -0.2) is 40.2 Å². The molecule has 2 N–H and O–H groups in total. The first-order valence-corrected chi connectivity index (χ1v) is 21.0. The van der Waals surface area contributed by atoms with Crippen molar-refractivity contribution < 1.29 is 32.9 Å². The van der Waals surface area contributed by atoms with Gasteiger partial charge in [0.05, 0.1) is 12.5 Å². The van der Waals surface area contributed by atoms with Crippen LogP contribution in [0.1, 0.15) is 114 Å². The number of hydrogen-bond acceptors (Lipinski definition) is 4. The third-order valence-electron chi connectivity index (χ3n) is 12.6. The number of carboxylic acid groups (broad SMARTS) is 1. The summed E-state index contributed by atoms with van der Waals surface area (Å²) in [4.78, 5) is 13.5. The third kappa shape index (κ3) is 9.09. The second-order valence-electron chi connectivity index (χ2n) is 16.7. The van der Waals surface area contributed by atoms with Crippen LogP contribution in [0.25, 0.3) is 0 Å². The maximum absolute atomic E-state index is 14.4. The fourth-order valence-electron chi connectivity index (χ4n) is 8.96. The fourth-order valence-corrected chi connectivity index (χ4v) is 9.55. The molecule has 0 atom stereocenters. The second-order valence-corrected chi connectivity index (χ2v) is 17.2. The number of nitrogens with zero attached hydrogens (tertiary/aromatic N) is 1. The summed E-state index contributed by atoms with van der Waals surface area (Å²) in [6.07, 6.45) is 10.8. The summed E-state index contributed by atoms with van der Waals surface area (Å²) in [5, 5.41) is 18.7. The standard InChI is InChI=1S/C26H28FNO3.C10H10BrF.C10H11FO.BrH/c27-24-3-1-2-22(16-4-5-16)23(24)13-31-21-7-6-17-11-26(12-19(17)10-21)14-28(15-26)20-8-18(9-20)25(29)30;11-6-9-8(7-4-5-7)2-1-3-10(9)12;11-10-3-1-2-8(7-4-5-7)9(10)6-12;/h1-3,6-7,10,16,18,20H,4-5,8-9,11-15H2,(H,29,30);1-3,7H,4-6H2;1-3,7,12H,4-6H2;1H. The van der Waals surface area contributed by atoms with Crippen molar-refractivity contribution in [2.75, 3.05) is 13.1 Å². The molecular weight excluding hydrogens is 847 g/mol. The predicted octanol–water partition coefficient (Wildman–Crippen LogP) is 10.9. The molecule has 4 saturated carbocycles. The van der Waals surface area contributed by atoms with E-state index in [0.29, 0.717) is 45.7 Å². The molecular formula is C46H50Br2F3NO4. The topological polar surface area (TPSA) is 70.0 Å². The van der Waals surface area contributed by atoms with Gasteiger partial charge in [0.25, 0.3) is 0 Å². The smallest absolute Gasteiger partial charge is 0.306 e. The van der Waals surface area contributed by atoms with E-state index in [-0.39, 0.29) is 53.6 Å². The number of aliphatic carboxylic acids is 1. The molecule has 56 heavy (non-hydrogen) atoms. The second kappa shape index (κ2) is 17.4. The zero-order valence-corrected chi connectivity index (χ0v) is 34.8. The highest BCUT2D eigenvalue weighted by Gasteiger charge is 2.51. The summed E-state index contributed by atoms with van der Waals surface area (Å²) in [7, 11) is 0. The van der Waals surface area contributed by atoms with Gasteiger partial charge in [-0.15, -0.1) is 17.0 Å². The highest BCUT2D eigenvalue weighted by atomic mass is 79.9. The first-order chi connectivity index (χ1) is 26.6. The maximum Gasteiger partial charge on any atom is 0.306 e. The van der Waals surface area contributed by atoms with Gasteiger partial charge in [-0.1, -0.05) is 58.4 Å². The van der Waals surface area contributed by atoms with Gasteiger partial charge < -0.3 is 14.9 Å². The molecule has 5 nitrogen and oxygen atoms in total. The van der Waals surface area contributed by atoms with Crippen molar-refractivity contribution in [3.8, 4) is 5.75 Å². The monoisotopic (exact) mass is 895 g/mol. The number of benzene rings is 4. The van der Waals surface area contributed by atoms with Crippen LogP contribution in [0.15, 0.2) is 72.8 Å². The van der Waals surface area contributed by atoms with E-state index in [4.69, 9.17) is 14.9 Å². The number of carbonyl (C=O) groups is 1.